The van der Waals surface area contributed by atoms with Crippen LogP contribution in [-0.4, -0.2) is 41.6 Å². The summed E-state index contributed by atoms with van der Waals surface area (Å²) in [4.78, 5) is 39.6. The van der Waals surface area contributed by atoms with E-state index >= 15 is 0 Å². The zero-order chi connectivity index (χ0) is 13.7. The van der Waals surface area contributed by atoms with Crippen molar-refractivity contribution in [1.29, 1.82) is 0 Å². The summed E-state index contributed by atoms with van der Waals surface area (Å²) in [7, 11) is -3.22. The lowest BCUT2D eigenvalue weighted by atomic mass is 9.89. The van der Waals surface area contributed by atoms with Crippen LogP contribution in [0, 0.1) is 5.41 Å². The molecule has 2 N–H and O–H groups in total. The average Bonchev–Trinajstić information content (AvgIpc) is 2.22. The van der Waals surface area contributed by atoms with Gasteiger partial charge in [0, 0.05) is 0 Å². The Balaban J connectivity index is 4.39. The number of rotatable bonds is 6. The van der Waals surface area contributed by atoms with Gasteiger partial charge < -0.3 is 19.3 Å². The molecule has 0 saturated carbocycles. The SMILES string of the molecule is CCC(C)(COC(=O)CP(=O)(O)O)C(=O)OC. The van der Waals surface area contributed by atoms with Crippen LogP contribution >= 0.6 is 7.60 Å². The summed E-state index contributed by atoms with van der Waals surface area (Å²) < 4.78 is 19.7. The van der Waals surface area contributed by atoms with Crippen LogP contribution in [0.5, 0.6) is 0 Å². The van der Waals surface area contributed by atoms with E-state index in [4.69, 9.17) is 9.79 Å². The minimum atomic E-state index is -4.43. The average molecular weight is 268 g/mol. The second kappa shape index (κ2) is 6.14. The van der Waals surface area contributed by atoms with Crippen molar-refractivity contribution in [2.75, 3.05) is 19.9 Å². The lowest BCUT2D eigenvalue weighted by molar-refractivity contribution is -0.159. The minimum absolute atomic E-state index is 0.269. The van der Waals surface area contributed by atoms with E-state index in [1.807, 2.05) is 0 Å². The zero-order valence-corrected chi connectivity index (χ0v) is 10.9. The lowest BCUT2D eigenvalue weighted by Gasteiger charge is -2.24. The molecule has 17 heavy (non-hydrogen) atoms. The van der Waals surface area contributed by atoms with Crippen molar-refractivity contribution in [2.24, 2.45) is 5.41 Å². The molecule has 0 radical (unpaired) electrons. The number of hydrogen-bond acceptors (Lipinski definition) is 5. The van der Waals surface area contributed by atoms with Crippen LogP contribution in [0.2, 0.25) is 0 Å². The van der Waals surface area contributed by atoms with Gasteiger partial charge in [-0.1, -0.05) is 6.92 Å². The Morgan fingerprint density at radius 3 is 2.24 bits per heavy atom. The maximum Gasteiger partial charge on any atom is 0.336 e. The summed E-state index contributed by atoms with van der Waals surface area (Å²) in [6.45, 7) is 2.99. The molecule has 0 aromatic carbocycles. The minimum Gasteiger partial charge on any atom is -0.469 e. The fourth-order valence-electron chi connectivity index (χ4n) is 1.01. The molecule has 0 aromatic rings. The topological polar surface area (TPSA) is 110 Å². The molecule has 0 aliphatic carbocycles. The van der Waals surface area contributed by atoms with E-state index < -0.39 is 31.1 Å². The molecule has 1 atom stereocenters. The van der Waals surface area contributed by atoms with Crippen LogP contribution < -0.4 is 0 Å². The van der Waals surface area contributed by atoms with E-state index in [9.17, 15) is 14.2 Å². The van der Waals surface area contributed by atoms with Gasteiger partial charge in [-0.25, -0.2) is 0 Å². The van der Waals surface area contributed by atoms with E-state index in [-0.39, 0.29) is 6.61 Å². The van der Waals surface area contributed by atoms with Gasteiger partial charge >= 0.3 is 19.5 Å². The summed E-state index contributed by atoms with van der Waals surface area (Å²) in [6.07, 6.45) is -0.614. The zero-order valence-electron chi connectivity index (χ0n) is 10.0. The first kappa shape index (κ1) is 16.1. The van der Waals surface area contributed by atoms with Crippen LogP contribution in [0.3, 0.4) is 0 Å². The Morgan fingerprint density at radius 1 is 1.35 bits per heavy atom. The van der Waals surface area contributed by atoms with Crippen molar-refractivity contribution in [3.8, 4) is 0 Å². The van der Waals surface area contributed by atoms with Crippen LogP contribution in [0.4, 0.5) is 0 Å². The highest BCUT2D eigenvalue weighted by Crippen LogP contribution is 2.34. The fraction of sp³-hybridized carbons (Fsp3) is 0.778. The molecule has 0 aliphatic rings. The van der Waals surface area contributed by atoms with E-state index in [2.05, 4.69) is 9.47 Å². The fourth-order valence-corrected chi connectivity index (χ4v) is 1.43. The van der Waals surface area contributed by atoms with Crippen LogP contribution in [-0.2, 0) is 23.6 Å². The van der Waals surface area contributed by atoms with E-state index in [1.165, 1.54) is 7.11 Å². The highest BCUT2D eigenvalue weighted by atomic mass is 31.2. The maximum atomic E-state index is 11.4. The van der Waals surface area contributed by atoms with E-state index in [1.54, 1.807) is 13.8 Å². The number of hydrogen-bond donors (Lipinski definition) is 2. The number of ether oxygens (including phenoxy) is 2. The van der Waals surface area contributed by atoms with Gasteiger partial charge in [0.25, 0.3) is 0 Å². The van der Waals surface area contributed by atoms with Crippen LogP contribution in [0.25, 0.3) is 0 Å². The lowest BCUT2D eigenvalue weighted by Crippen LogP contribution is -2.34. The Kier molecular flexibility index (Phi) is 5.81. The smallest absolute Gasteiger partial charge is 0.336 e. The van der Waals surface area contributed by atoms with Crippen molar-refractivity contribution >= 4 is 19.5 Å². The Bertz CT molecular complexity index is 334. The Hall–Kier alpha value is -0.910. The molecule has 7 nitrogen and oxygen atoms in total. The number of carbonyl (C=O) groups excluding carboxylic acids is 2. The largest absolute Gasteiger partial charge is 0.469 e. The summed E-state index contributed by atoms with van der Waals surface area (Å²) >= 11 is 0. The van der Waals surface area contributed by atoms with Gasteiger partial charge in [0.2, 0.25) is 0 Å². The first-order valence-electron chi connectivity index (χ1n) is 4.93. The van der Waals surface area contributed by atoms with Crippen molar-refractivity contribution in [3.05, 3.63) is 0 Å². The first-order valence-corrected chi connectivity index (χ1v) is 6.73. The van der Waals surface area contributed by atoms with Gasteiger partial charge in [0.1, 0.15) is 12.8 Å². The van der Waals surface area contributed by atoms with Gasteiger partial charge in [0.15, 0.2) is 0 Å². The molecule has 0 fully saturated rings. The first-order chi connectivity index (χ1) is 7.64. The summed E-state index contributed by atoms with van der Waals surface area (Å²) in [5, 5.41) is 0. The Morgan fingerprint density at radius 2 is 1.88 bits per heavy atom. The van der Waals surface area contributed by atoms with E-state index in [0.717, 1.165) is 0 Å². The quantitative estimate of drug-likeness (QED) is 0.526. The molecular weight excluding hydrogens is 251 g/mol. The molecule has 0 aliphatic heterocycles. The van der Waals surface area contributed by atoms with Crippen molar-refractivity contribution in [3.63, 3.8) is 0 Å². The number of carbonyl (C=O) groups is 2. The predicted molar refractivity (Wildman–Crippen MR) is 58.3 cm³/mol. The van der Waals surface area contributed by atoms with Gasteiger partial charge in [-0.15, -0.1) is 0 Å². The highest BCUT2D eigenvalue weighted by Gasteiger charge is 2.34. The van der Waals surface area contributed by atoms with Gasteiger partial charge in [-0.3, -0.25) is 14.2 Å². The standard InChI is InChI=1S/C9H17O7P/c1-4-9(2,8(11)15-3)6-16-7(10)5-17(12,13)14/h4-6H2,1-3H3,(H2,12,13,14). The number of methoxy groups -OCH3 is 1. The second-order valence-corrected chi connectivity index (χ2v) is 5.53. The molecule has 0 aromatic heterocycles. The number of esters is 2. The van der Waals surface area contributed by atoms with E-state index in [0.29, 0.717) is 6.42 Å². The molecule has 0 amide bonds. The third-order valence-corrected chi connectivity index (χ3v) is 3.02. The van der Waals surface area contributed by atoms with Gasteiger partial charge in [-0.2, -0.15) is 0 Å². The molecule has 100 valence electrons. The Labute approximate surface area is 99.3 Å². The predicted octanol–water partition coefficient (Wildman–Crippen LogP) is 0.297. The second-order valence-electron chi connectivity index (χ2n) is 3.89. The van der Waals surface area contributed by atoms with Crippen LogP contribution in [0.15, 0.2) is 0 Å². The van der Waals surface area contributed by atoms with Crippen molar-refractivity contribution < 1.29 is 33.4 Å². The summed E-state index contributed by atoms with van der Waals surface area (Å²) in [6, 6.07) is 0. The molecule has 0 rings (SSSR count). The third-order valence-electron chi connectivity index (χ3n) is 2.35. The van der Waals surface area contributed by atoms with Crippen molar-refractivity contribution in [2.45, 2.75) is 20.3 Å². The summed E-state index contributed by atoms with van der Waals surface area (Å²) in [5.74, 6) is -1.58. The molecule has 1 unspecified atom stereocenters. The third kappa shape index (κ3) is 5.81. The van der Waals surface area contributed by atoms with Crippen LogP contribution in [0.1, 0.15) is 20.3 Å². The monoisotopic (exact) mass is 268 g/mol. The molecule has 0 spiro atoms. The van der Waals surface area contributed by atoms with Gasteiger partial charge in [-0.05, 0) is 13.3 Å². The molecule has 0 heterocycles. The molecule has 8 heteroatoms. The van der Waals surface area contributed by atoms with Crippen molar-refractivity contribution in [1.82, 2.24) is 0 Å². The molecule has 0 bridgehead atoms. The summed E-state index contributed by atoms with van der Waals surface area (Å²) in [5.41, 5.74) is -1.00. The maximum absolute atomic E-state index is 11.4. The normalized spacial score (nSPS) is 14.9. The molecular formula is C9H17O7P. The highest BCUT2D eigenvalue weighted by molar-refractivity contribution is 7.52. The van der Waals surface area contributed by atoms with Gasteiger partial charge in [0.05, 0.1) is 12.5 Å². The molecule has 0 saturated heterocycles.